The molecule has 0 saturated carbocycles. The molecule has 0 bridgehead atoms. The molecule has 2 heterocycles. The quantitative estimate of drug-likeness (QED) is 0.862. The predicted molar refractivity (Wildman–Crippen MR) is 93.5 cm³/mol. The van der Waals surface area contributed by atoms with Gasteiger partial charge >= 0.3 is 0 Å². The number of likely N-dealkylation sites (N-methyl/N-ethyl adjacent to an activating group) is 1. The van der Waals surface area contributed by atoms with Crippen molar-refractivity contribution in [1.82, 2.24) is 9.88 Å². The van der Waals surface area contributed by atoms with Crippen molar-refractivity contribution in [3.05, 3.63) is 48.2 Å². The molecule has 3 heteroatoms. The summed E-state index contributed by atoms with van der Waals surface area (Å²) in [6.45, 7) is 8.80. The van der Waals surface area contributed by atoms with Gasteiger partial charge in [-0.15, -0.1) is 0 Å². The molecule has 0 N–H and O–H groups in total. The molecule has 0 aliphatic carbocycles. The van der Waals surface area contributed by atoms with Crippen molar-refractivity contribution in [2.24, 2.45) is 0 Å². The van der Waals surface area contributed by atoms with Crippen LogP contribution in [0.3, 0.4) is 0 Å². The summed E-state index contributed by atoms with van der Waals surface area (Å²) in [5.74, 6) is 1.65. The molecule has 1 aliphatic heterocycles. The van der Waals surface area contributed by atoms with Gasteiger partial charge < -0.3 is 9.80 Å². The number of rotatable bonds is 3. The number of benzene rings is 1. The fourth-order valence-electron chi connectivity index (χ4n) is 2.86. The first-order valence-corrected chi connectivity index (χ1v) is 8.13. The second kappa shape index (κ2) is 6.49. The Kier molecular flexibility index (Phi) is 4.44. The van der Waals surface area contributed by atoms with E-state index in [0.717, 1.165) is 32.0 Å². The summed E-state index contributed by atoms with van der Waals surface area (Å²) in [4.78, 5) is 9.42. The van der Waals surface area contributed by atoms with Crippen LogP contribution in [0.15, 0.2) is 42.6 Å². The van der Waals surface area contributed by atoms with E-state index in [-0.39, 0.29) is 0 Å². The first-order valence-electron chi connectivity index (χ1n) is 8.13. The maximum atomic E-state index is 4.69. The Morgan fingerprint density at radius 1 is 0.955 bits per heavy atom. The van der Waals surface area contributed by atoms with Gasteiger partial charge in [-0.2, -0.15) is 0 Å². The van der Waals surface area contributed by atoms with Crippen molar-refractivity contribution >= 4 is 5.82 Å². The number of hydrogen-bond donors (Lipinski definition) is 0. The third-order valence-electron chi connectivity index (χ3n) is 4.46. The van der Waals surface area contributed by atoms with Crippen molar-refractivity contribution in [3.63, 3.8) is 0 Å². The molecule has 22 heavy (non-hydrogen) atoms. The predicted octanol–water partition coefficient (Wildman–Crippen LogP) is 3.62. The van der Waals surface area contributed by atoms with Gasteiger partial charge in [0.25, 0.3) is 0 Å². The molecule has 1 aromatic carbocycles. The van der Waals surface area contributed by atoms with E-state index in [1.807, 2.05) is 6.20 Å². The third kappa shape index (κ3) is 3.30. The van der Waals surface area contributed by atoms with Crippen LogP contribution < -0.4 is 4.90 Å². The normalized spacial score (nSPS) is 16.3. The van der Waals surface area contributed by atoms with E-state index in [4.69, 9.17) is 0 Å². The topological polar surface area (TPSA) is 19.4 Å². The van der Waals surface area contributed by atoms with Gasteiger partial charge in [0.05, 0.1) is 0 Å². The largest absolute Gasteiger partial charge is 0.354 e. The van der Waals surface area contributed by atoms with Crippen molar-refractivity contribution < 1.29 is 0 Å². The van der Waals surface area contributed by atoms with Crippen LogP contribution >= 0.6 is 0 Å². The average molecular weight is 295 g/mol. The smallest absolute Gasteiger partial charge is 0.128 e. The number of hydrogen-bond acceptors (Lipinski definition) is 3. The monoisotopic (exact) mass is 295 g/mol. The molecule has 0 unspecified atom stereocenters. The highest BCUT2D eigenvalue weighted by Gasteiger charge is 2.15. The fourth-order valence-corrected chi connectivity index (χ4v) is 2.86. The Labute approximate surface area is 133 Å². The summed E-state index contributed by atoms with van der Waals surface area (Å²) in [5.41, 5.74) is 3.82. The minimum Gasteiger partial charge on any atom is -0.354 e. The van der Waals surface area contributed by atoms with E-state index in [2.05, 4.69) is 72.1 Å². The molecule has 116 valence electrons. The van der Waals surface area contributed by atoms with Gasteiger partial charge in [0.2, 0.25) is 0 Å². The van der Waals surface area contributed by atoms with Crippen molar-refractivity contribution in [2.75, 3.05) is 38.1 Å². The van der Waals surface area contributed by atoms with Crippen LogP contribution in [0.4, 0.5) is 5.82 Å². The Bertz CT molecular complexity index is 611. The van der Waals surface area contributed by atoms with Gasteiger partial charge in [-0.25, -0.2) is 4.98 Å². The zero-order chi connectivity index (χ0) is 15.5. The molecule has 3 rings (SSSR count). The van der Waals surface area contributed by atoms with Crippen LogP contribution in [0.5, 0.6) is 0 Å². The number of piperazine rings is 1. The minimum absolute atomic E-state index is 0.553. The molecule has 1 fully saturated rings. The average Bonchev–Trinajstić information content (AvgIpc) is 2.56. The number of nitrogens with zero attached hydrogens (tertiary/aromatic N) is 3. The first kappa shape index (κ1) is 15.0. The van der Waals surface area contributed by atoms with E-state index < -0.39 is 0 Å². The van der Waals surface area contributed by atoms with Gasteiger partial charge in [0.15, 0.2) is 0 Å². The standard InChI is InChI=1S/C19H25N3/c1-15(2)16-5-4-6-17(13-16)18-7-8-19(20-14-18)22-11-9-21(3)10-12-22/h4-8,13-15H,9-12H2,1-3H3. The number of pyridine rings is 1. The van der Waals surface area contributed by atoms with Crippen LogP contribution in [0.2, 0.25) is 0 Å². The SMILES string of the molecule is CC(C)c1cccc(-c2ccc(N3CCN(C)CC3)nc2)c1. The maximum absolute atomic E-state index is 4.69. The van der Waals surface area contributed by atoms with E-state index in [9.17, 15) is 0 Å². The summed E-state index contributed by atoms with van der Waals surface area (Å²) in [5, 5.41) is 0. The summed E-state index contributed by atoms with van der Waals surface area (Å²) in [6.07, 6.45) is 2.01. The molecule has 2 aromatic rings. The molecular weight excluding hydrogens is 270 g/mol. The number of anilines is 1. The molecule has 0 spiro atoms. The van der Waals surface area contributed by atoms with Crippen LogP contribution in [-0.2, 0) is 0 Å². The van der Waals surface area contributed by atoms with Crippen LogP contribution in [0.25, 0.3) is 11.1 Å². The lowest BCUT2D eigenvalue weighted by molar-refractivity contribution is 0.312. The first-order chi connectivity index (χ1) is 10.6. The van der Waals surface area contributed by atoms with Gasteiger partial charge in [0.1, 0.15) is 5.82 Å². The van der Waals surface area contributed by atoms with Crippen LogP contribution in [0, 0.1) is 0 Å². The molecular formula is C19H25N3. The Morgan fingerprint density at radius 3 is 2.36 bits per heavy atom. The Hall–Kier alpha value is -1.87. The van der Waals surface area contributed by atoms with Crippen molar-refractivity contribution in [2.45, 2.75) is 19.8 Å². The summed E-state index contributed by atoms with van der Waals surface area (Å²) < 4.78 is 0. The van der Waals surface area contributed by atoms with E-state index in [0.29, 0.717) is 5.92 Å². The van der Waals surface area contributed by atoms with Gasteiger partial charge in [-0.05, 0) is 36.2 Å². The lowest BCUT2D eigenvalue weighted by Gasteiger charge is -2.33. The summed E-state index contributed by atoms with van der Waals surface area (Å²) >= 11 is 0. The molecule has 1 aliphatic rings. The van der Waals surface area contributed by atoms with Crippen molar-refractivity contribution in [1.29, 1.82) is 0 Å². The van der Waals surface area contributed by atoms with Crippen molar-refractivity contribution in [3.8, 4) is 11.1 Å². The molecule has 0 amide bonds. The fraction of sp³-hybridized carbons (Fsp3) is 0.421. The zero-order valence-electron chi connectivity index (χ0n) is 13.8. The molecule has 0 atom stereocenters. The Balaban J connectivity index is 1.78. The number of aromatic nitrogens is 1. The van der Waals surface area contributed by atoms with E-state index in [1.165, 1.54) is 16.7 Å². The highest BCUT2D eigenvalue weighted by atomic mass is 15.3. The van der Waals surface area contributed by atoms with Crippen LogP contribution in [-0.4, -0.2) is 43.1 Å². The second-order valence-electron chi connectivity index (χ2n) is 6.48. The minimum atomic E-state index is 0.553. The van der Waals surface area contributed by atoms with E-state index in [1.54, 1.807) is 0 Å². The molecule has 0 radical (unpaired) electrons. The Morgan fingerprint density at radius 2 is 1.73 bits per heavy atom. The second-order valence-corrected chi connectivity index (χ2v) is 6.48. The maximum Gasteiger partial charge on any atom is 0.128 e. The van der Waals surface area contributed by atoms with E-state index >= 15 is 0 Å². The third-order valence-corrected chi connectivity index (χ3v) is 4.46. The highest BCUT2D eigenvalue weighted by Crippen LogP contribution is 2.25. The zero-order valence-corrected chi connectivity index (χ0v) is 13.8. The lowest BCUT2D eigenvalue weighted by atomic mass is 9.98. The van der Waals surface area contributed by atoms with Gasteiger partial charge in [0, 0.05) is 37.9 Å². The van der Waals surface area contributed by atoms with Gasteiger partial charge in [-0.1, -0.05) is 38.1 Å². The molecule has 1 saturated heterocycles. The lowest BCUT2D eigenvalue weighted by Crippen LogP contribution is -2.44. The summed E-state index contributed by atoms with van der Waals surface area (Å²) in [7, 11) is 2.18. The molecule has 3 nitrogen and oxygen atoms in total. The highest BCUT2D eigenvalue weighted by molar-refractivity contribution is 5.64. The van der Waals surface area contributed by atoms with Gasteiger partial charge in [-0.3, -0.25) is 0 Å². The summed E-state index contributed by atoms with van der Waals surface area (Å²) in [6, 6.07) is 13.1. The van der Waals surface area contributed by atoms with Crippen LogP contribution in [0.1, 0.15) is 25.3 Å². The molecule has 1 aromatic heterocycles.